The van der Waals surface area contributed by atoms with Crippen LogP contribution < -0.4 is 4.90 Å². The topological polar surface area (TPSA) is 97.1 Å². The molecule has 1 aliphatic rings. The van der Waals surface area contributed by atoms with Crippen molar-refractivity contribution >= 4 is 27.0 Å². The number of halogens is 1. The van der Waals surface area contributed by atoms with Crippen molar-refractivity contribution in [1.82, 2.24) is 29.3 Å². The molecule has 0 aliphatic carbocycles. The minimum Gasteiger partial charge on any atom is -0.352 e. The molecule has 0 radical (unpaired) electrons. The van der Waals surface area contributed by atoms with Crippen LogP contribution in [0.5, 0.6) is 0 Å². The van der Waals surface area contributed by atoms with Gasteiger partial charge in [0, 0.05) is 26.2 Å². The maximum atomic E-state index is 13.2. The highest BCUT2D eigenvalue weighted by Gasteiger charge is 2.28. The van der Waals surface area contributed by atoms with Gasteiger partial charge in [-0.3, -0.25) is 0 Å². The van der Waals surface area contributed by atoms with Crippen LogP contribution in [0.15, 0.2) is 30.6 Å². The highest BCUT2D eigenvalue weighted by Crippen LogP contribution is 2.24. The Morgan fingerprint density at radius 2 is 1.79 bits per heavy atom. The SMILES string of the molecule is CCCS(=O)(=O)N1CCN(c2ncnc3c2nnn3-c2ccc(F)cc2)CC1. The maximum Gasteiger partial charge on any atom is 0.214 e. The molecule has 11 heteroatoms. The van der Waals surface area contributed by atoms with E-state index >= 15 is 0 Å². The van der Waals surface area contributed by atoms with E-state index in [9.17, 15) is 12.8 Å². The summed E-state index contributed by atoms with van der Waals surface area (Å²) in [5.41, 5.74) is 1.68. The monoisotopic (exact) mass is 405 g/mol. The number of hydrogen-bond acceptors (Lipinski definition) is 7. The molecule has 1 aliphatic heterocycles. The van der Waals surface area contributed by atoms with Crippen LogP contribution in [0, 0.1) is 5.82 Å². The van der Waals surface area contributed by atoms with Crippen molar-refractivity contribution in [3.05, 3.63) is 36.4 Å². The molecule has 28 heavy (non-hydrogen) atoms. The lowest BCUT2D eigenvalue weighted by molar-refractivity contribution is 0.384. The first-order valence-corrected chi connectivity index (χ1v) is 10.7. The molecule has 0 N–H and O–H groups in total. The largest absolute Gasteiger partial charge is 0.352 e. The predicted molar refractivity (Wildman–Crippen MR) is 102 cm³/mol. The van der Waals surface area contributed by atoms with Gasteiger partial charge in [-0.1, -0.05) is 12.1 Å². The molecular formula is C17H20FN7O2S. The highest BCUT2D eigenvalue weighted by atomic mass is 32.2. The molecule has 4 rings (SSSR count). The number of hydrogen-bond donors (Lipinski definition) is 0. The number of nitrogens with zero attached hydrogens (tertiary/aromatic N) is 7. The van der Waals surface area contributed by atoms with Crippen molar-refractivity contribution in [1.29, 1.82) is 0 Å². The molecule has 0 atom stereocenters. The van der Waals surface area contributed by atoms with Crippen LogP contribution in [0.1, 0.15) is 13.3 Å². The molecule has 9 nitrogen and oxygen atoms in total. The Labute approximate surface area is 161 Å². The first-order valence-electron chi connectivity index (χ1n) is 9.04. The lowest BCUT2D eigenvalue weighted by Crippen LogP contribution is -2.49. The lowest BCUT2D eigenvalue weighted by Gasteiger charge is -2.34. The summed E-state index contributed by atoms with van der Waals surface area (Å²) >= 11 is 0. The fourth-order valence-electron chi connectivity index (χ4n) is 3.29. The summed E-state index contributed by atoms with van der Waals surface area (Å²) < 4.78 is 40.8. The Balaban J connectivity index is 1.60. The summed E-state index contributed by atoms with van der Waals surface area (Å²) in [5.74, 6) is 0.446. The van der Waals surface area contributed by atoms with Crippen LogP contribution in [-0.4, -0.2) is 69.6 Å². The fourth-order valence-corrected chi connectivity index (χ4v) is 4.78. The van der Waals surface area contributed by atoms with Crippen molar-refractivity contribution < 1.29 is 12.8 Å². The second-order valence-corrected chi connectivity index (χ2v) is 8.64. The molecule has 0 bridgehead atoms. The molecule has 148 valence electrons. The first kappa shape index (κ1) is 18.7. The Morgan fingerprint density at radius 3 is 2.46 bits per heavy atom. The zero-order chi connectivity index (χ0) is 19.7. The van der Waals surface area contributed by atoms with Crippen molar-refractivity contribution in [2.75, 3.05) is 36.8 Å². The average Bonchev–Trinajstić information content (AvgIpc) is 3.13. The maximum absolute atomic E-state index is 13.2. The number of fused-ring (bicyclic) bond motifs is 1. The Bertz CT molecular complexity index is 1080. The summed E-state index contributed by atoms with van der Waals surface area (Å²) in [6.45, 7) is 3.69. The van der Waals surface area contributed by atoms with E-state index in [-0.39, 0.29) is 11.6 Å². The van der Waals surface area contributed by atoms with Gasteiger partial charge in [-0.2, -0.15) is 8.99 Å². The van der Waals surface area contributed by atoms with E-state index < -0.39 is 10.0 Å². The van der Waals surface area contributed by atoms with Gasteiger partial charge in [0.15, 0.2) is 17.0 Å². The number of benzene rings is 1. The van der Waals surface area contributed by atoms with Crippen LogP contribution >= 0.6 is 0 Å². The molecule has 0 spiro atoms. The van der Waals surface area contributed by atoms with Crippen molar-refractivity contribution in [3.8, 4) is 5.69 Å². The molecule has 1 saturated heterocycles. The van der Waals surface area contributed by atoms with E-state index in [0.29, 0.717) is 55.3 Å². The van der Waals surface area contributed by atoms with Crippen LogP contribution in [0.25, 0.3) is 16.9 Å². The minimum absolute atomic E-state index is 0.163. The van der Waals surface area contributed by atoms with Crippen LogP contribution in [0.2, 0.25) is 0 Å². The second-order valence-electron chi connectivity index (χ2n) is 6.55. The molecule has 2 aromatic heterocycles. The third-order valence-corrected chi connectivity index (χ3v) is 6.76. The molecule has 0 unspecified atom stereocenters. The Kier molecular flexibility index (Phi) is 4.94. The van der Waals surface area contributed by atoms with Gasteiger partial charge in [0.25, 0.3) is 0 Å². The van der Waals surface area contributed by atoms with Crippen LogP contribution in [0.3, 0.4) is 0 Å². The summed E-state index contributed by atoms with van der Waals surface area (Å²) in [5, 5.41) is 8.35. The number of piperazine rings is 1. The number of rotatable bonds is 5. The number of sulfonamides is 1. The third-order valence-electron chi connectivity index (χ3n) is 4.68. The van der Waals surface area contributed by atoms with Crippen LogP contribution in [0.4, 0.5) is 10.2 Å². The molecule has 3 heterocycles. The van der Waals surface area contributed by atoms with Gasteiger partial charge in [0.2, 0.25) is 10.0 Å². The summed E-state index contributed by atoms with van der Waals surface area (Å²) in [7, 11) is -3.21. The normalized spacial score (nSPS) is 16.0. The number of anilines is 1. The molecular weight excluding hydrogens is 385 g/mol. The average molecular weight is 405 g/mol. The third kappa shape index (κ3) is 3.42. The van der Waals surface area contributed by atoms with Crippen molar-refractivity contribution in [2.45, 2.75) is 13.3 Å². The second kappa shape index (κ2) is 7.40. The van der Waals surface area contributed by atoms with E-state index in [1.165, 1.54) is 27.4 Å². The van der Waals surface area contributed by atoms with E-state index in [1.807, 2.05) is 11.8 Å². The molecule has 0 saturated carbocycles. The van der Waals surface area contributed by atoms with E-state index in [4.69, 9.17) is 0 Å². The first-order chi connectivity index (χ1) is 13.5. The van der Waals surface area contributed by atoms with Gasteiger partial charge >= 0.3 is 0 Å². The van der Waals surface area contributed by atoms with Gasteiger partial charge in [-0.25, -0.2) is 22.8 Å². The lowest BCUT2D eigenvalue weighted by atomic mass is 10.3. The van der Waals surface area contributed by atoms with Gasteiger partial charge < -0.3 is 4.90 Å². The van der Waals surface area contributed by atoms with Gasteiger partial charge in [0.05, 0.1) is 11.4 Å². The van der Waals surface area contributed by atoms with Gasteiger partial charge in [-0.05, 0) is 30.7 Å². The summed E-state index contributed by atoms with van der Waals surface area (Å²) in [6, 6.07) is 5.90. The van der Waals surface area contributed by atoms with Gasteiger partial charge in [-0.15, -0.1) is 5.10 Å². The molecule has 1 fully saturated rings. The zero-order valence-electron chi connectivity index (χ0n) is 15.4. The van der Waals surface area contributed by atoms with E-state index in [2.05, 4.69) is 20.3 Å². The quantitative estimate of drug-likeness (QED) is 0.629. The fraction of sp³-hybridized carbons (Fsp3) is 0.412. The van der Waals surface area contributed by atoms with Crippen molar-refractivity contribution in [2.24, 2.45) is 0 Å². The molecule has 3 aromatic rings. The zero-order valence-corrected chi connectivity index (χ0v) is 16.2. The minimum atomic E-state index is -3.21. The van der Waals surface area contributed by atoms with Crippen LogP contribution in [-0.2, 0) is 10.0 Å². The smallest absolute Gasteiger partial charge is 0.214 e. The summed E-state index contributed by atoms with van der Waals surface area (Å²) in [6.07, 6.45) is 2.03. The molecule has 0 amide bonds. The van der Waals surface area contributed by atoms with E-state index in [1.54, 1.807) is 12.1 Å². The Hall–Kier alpha value is -2.66. The van der Waals surface area contributed by atoms with Crippen molar-refractivity contribution in [3.63, 3.8) is 0 Å². The van der Waals surface area contributed by atoms with E-state index in [0.717, 1.165) is 0 Å². The van der Waals surface area contributed by atoms with Gasteiger partial charge in [0.1, 0.15) is 12.1 Å². The Morgan fingerprint density at radius 1 is 1.07 bits per heavy atom. The number of aromatic nitrogens is 5. The summed E-state index contributed by atoms with van der Waals surface area (Å²) in [4.78, 5) is 10.6. The standard InChI is InChI=1S/C17H20FN7O2S/c1-2-11-28(26,27)24-9-7-23(8-10-24)16-15-17(20-12-19-16)25(22-21-15)14-5-3-13(18)4-6-14/h3-6,12H,2,7-11H2,1H3. The highest BCUT2D eigenvalue weighted by molar-refractivity contribution is 7.89. The predicted octanol–water partition coefficient (Wildman–Crippen LogP) is 1.21. The molecule has 1 aromatic carbocycles.